The molecule has 5 nitrogen and oxygen atoms in total. The fraction of sp³-hybridized carbons (Fsp3) is 0.636. The van der Waals surface area contributed by atoms with Crippen molar-refractivity contribution in [3.63, 3.8) is 0 Å². The van der Waals surface area contributed by atoms with Crippen LogP contribution in [0.1, 0.15) is 56.3 Å². The average molecular weight is 373 g/mol. The van der Waals surface area contributed by atoms with Crippen molar-refractivity contribution in [1.82, 2.24) is 9.80 Å². The monoisotopic (exact) mass is 372 g/mol. The van der Waals surface area contributed by atoms with Gasteiger partial charge in [-0.1, -0.05) is 13.8 Å². The number of nitrogens with zero attached hydrogens (tertiary/aromatic N) is 2. The van der Waals surface area contributed by atoms with Crippen LogP contribution in [0.4, 0.5) is 0 Å². The molecular weight excluding hydrogens is 340 g/mol. The van der Waals surface area contributed by atoms with Crippen molar-refractivity contribution in [3.05, 3.63) is 29.8 Å². The van der Waals surface area contributed by atoms with Crippen LogP contribution in [-0.4, -0.2) is 54.4 Å². The molecule has 2 heterocycles. The Morgan fingerprint density at radius 1 is 1.00 bits per heavy atom. The van der Waals surface area contributed by atoms with E-state index < -0.39 is 0 Å². The van der Waals surface area contributed by atoms with Crippen molar-refractivity contribution in [1.29, 1.82) is 0 Å². The zero-order chi connectivity index (χ0) is 19.2. The van der Waals surface area contributed by atoms with Gasteiger partial charge < -0.3 is 14.5 Å². The summed E-state index contributed by atoms with van der Waals surface area (Å²) in [5, 5.41) is 0. The van der Waals surface area contributed by atoms with Crippen LogP contribution < -0.4 is 4.74 Å². The van der Waals surface area contributed by atoms with Gasteiger partial charge in [-0.3, -0.25) is 9.59 Å². The van der Waals surface area contributed by atoms with Crippen LogP contribution in [-0.2, 0) is 4.79 Å². The first-order valence-corrected chi connectivity index (χ1v) is 10.4. The molecule has 0 saturated carbocycles. The van der Waals surface area contributed by atoms with Gasteiger partial charge in [-0.2, -0.15) is 0 Å². The van der Waals surface area contributed by atoms with Gasteiger partial charge in [0.15, 0.2) is 0 Å². The van der Waals surface area contributed by atoms with E-state index in [1.807, 2.05) is 47.9 Å². The second kappa shape index (κ2) is 9.25. The maximum absolute atomic E-state index is 12.5. The highest BCUT2D eigenvalue weighted by molar-refractivity contribution is 5.94. The van der Waals surface area contributed by atoms with E-state index in [0.717, 1.165) is 63.2 Å². The average Bonchev–Trinajstić information content (AvgIpc) is 2.72. The molecule has 0 spiro atoms. The smallest absolute Gasteiger partial charge is 0.253 e. The molecule has 0 unspecified atom stereocenters. The van der Waals surface area contributed by atoms with Gasteiger partial charge >= 0.3 is 0 Å². The van der Waals surface area contributed by atoms with Crippen molar-refractivity contribution in [2.45, 2.75) is 46.0 Å². The number of benzene rings is 1. The van der Waals surface area contributed by atoms with Crippen LogP contribution in [0.3, 0.4) is 0 Å². The summed E-state index contributed by atoms with van der Waals surface area (Å²) in [4.78, 5) is 28.6. The molecule has 2 fully saturated rings. The SMILES string of the molecule is CC(C)C(=O)N1CCC[C@H](COc2ccc(C(=O)N3CCCCC3)cc2)C1. The summed E-state index contributed by atoms with van der Waals surface area (Å²) < 4.78 is 5.95. The third-order valence-electron chi connectivity index (χ3n) is 5.55. The molecule has 1 aromatic rings. The van der Waals surface area contributed by atoms with E-state index in [0.29, 0.717) is 12.5 Å². The lowest BCUT2D eigenvalue weighted by Crippen LogP contribution is -2.43. The van der Waals surface area contributed by atoms with Gasteiger partial charge in [0.1, 0.15) is 5.75 Å². The maximum Gasteiger partial charge on any atom is 0.253 e. The number of ether oxygens (including phenoxy) is 1. The minimum absolute atomic E-state index is 0.0506. The lowest BCUT2D eigenvalue weighted by atomic mass is 9.98. The van der Waals surface area contributed by atoms with Crippen LogP contribution in [0.25, 0.3) is 0 Å². The third-order valence-corrected chi connectivity index (χ3v) is 5.55. The van der Waals surface area contributed by atoms with E-state index in [9.17, 15) is 9.59 Å². The summed E-state index contributed by atoms with van der Waals surface area (Å²) >= 11 is 0. The van der Waals surface area contributed by atoms with Gasteiger partial charge in [0.2, 0.25) is 5.91 Å². The maximum atomic E-state index is 12.5. The van der Waals surface area contributed by atoms with Crippen molar-refractivity contribution >= 4 is 11.8 Å². The fourth-order valence-corrected chi connectivity index (χ4v) is 3.95. The zero-order valence-electron chi connectivity index (χ0n) is 16.7. The summed E-state index contributed by atoms with van der Waals surface area (Å²) in [6.07, 6.45) is 5.55. The summed E-state index contributed by atoms with van der Waals surface area (Å²) in [7, 11) is 0. The Balaban J connectivity index is 1.49. The number of hydrogen-bond donors (Lipinski definition) is 0. The molecule has 0 N–H and O–H groups in total. The minimum atomic E-state index is 0.0506. The Hall–Kier alpha value is -2.04. The number of carbonyl (C=O) groups is 2. The first kappa shape index (κ1) is 19.7. The van der Waals surface area contributed by atoms with Gasteiger partial charge in [0.25, 0.3) is 5.91 Å². The molecule has 0 aromatic heterocycles. The van der Waals surface area contributed by atoms with Gasteiger partial charge in [0, 0.05) is 43.6 Å². The van der Waals surface area contributed by atoms with Crippen LogP contribution in [0.15, 0.2) is 24.3 Å². The van der Waals surface area contributed by atoms with Crippen LogP contribution in [0.5, 0.6) is 5.75 Å². The first-order valence-electron chi connectivity index (χ1n) is 10.4. The van der Waals surface area contributed by atoms with Gasteiger partial charge in [-0.25, -0.2) is 0 Å². The van der Waals surface area contributed by atoms with Gasteiger partial charge in [-0.15, -0.1) is 0 Å². The van der Waals surface area contributed by atoms with E-state index >= 15 is 0 Å². The molecule has 27 heavy (non-hydrogen) atoms. The molecule has 3 rings (SSSR count). The van der Waals surface area contributed by atoms with Gasteiger partial charge in [0.05, 0.1) is 6.61 Å². The standard InChI is InChI=1S/C22H32N2O3/c1-17(2)21(25)24-14-6-7-18(15-24)16-27-20-10-8-19(9-11-20)22(26)23-12-4-3-5-13-23/h8-11,17-18H,3-7,12-16H2,1-2H3/t18-/m0/s1. The molecular formula is C22H32N2O3. The Bertz CT molecular complexity index is 635. The molecule has 1 aromatic carbocycles. The molecule has 2 saturated heterocycles. The number of likely N-dealkylation sites (tertiary alicyclic amines) is 2. The number of carbonyl (C=O) groups excluding carboxylic acids is 2. The number of amides is 2. The second-order valence-electron chi connectivity index (χ2n) is 8.14. The highest BCUT2D eigenvalue weighted by Gasteiger charge is 2.25. The van der Waals surface area contributed by atoms with Crippen molar-refractivity contribution in [2.75, 3.05) is 32.8 Å². The Morgan fingerprint density at radius 2 is 1.67 bits per heavy atom. The molecule has 148 valence electrons. The van der Waals surface area contributed by atoms with Crippen LogP contribution in [0.2, 0.25) is 0 Å². The summed E-state index contributed by atoms with van der Waals surface area (Å²) in [5.74, 6) is 1.57. The number of hydrogen-bond acceptors (Lipinski definition) is 3. The Kier molecular flexibility index (Phi) is 6.75. The van der Waals surface area contributed by atoms with Crippen LogP contribution in [0, 0.1) is 11.8 Å². The van der Waals surface area contributed by atoms with Crippen molar-refractivity contribution < 1.29 is 14.3 Å². The van der Waals surface area contributed by atoms with Crippen LogP contribution >= 0.6 is 0 Å². The molecule has 2 aliphatic heterocycles. The van der Waals surface area contributed by atoms with E-state index in [-0.39, 0.29) is 17.7 Å². The highest BCUT2D eigenvalue weighted by atomic mass is 16.5. The summed E-state index contributed by atoms with van der Waals surface area (Å²) in [5.41, 5.74) is 0.732. The first-order chi connectivity index (χ1) is 13.0. The normalized spacial score (nSPS) is 20.6. The molecule has 0 aliphatic carbocycles. The lowest BCUT2D eigenvalue weighted by molar-refractivity contribution is -0.136. The predicted octanol–water partition coefficient (Wildman–Crippen LogP) is 3.59. The molecule has 2 aliphatic rings. The lowest BCUT2D eigenvalue weighted by Gasteiger charge is -2.33. The molecule has 1 atom stereocenters. The highest BCUT2D eigenvalue weighted by Crippen LogP contribution is 2.21. The quantitative estimate of drug-likeness (QED) is 0.794. The van der Waals surface area contributed by atoms with E-state index in [2.05, 4.69) is 0 Å². The predicted molar refractivity (Wildman–Crippen MR) is 106 cm³/mol. The van der Waals surface area contributed by atoms with Gasteiger partial charge in [-0.05, 0) is 56.4 Å². The Labute approximate surface area is 162 Å². The molecule has 2 amide bonds. The Morgan fingerprint density at radius 3 is 2.33 bits per heavy atom. The largest absolute Gasteiger partial charge is 0.493 e. The molecule has 0 bridgehead atoms. The van der Waals surface area contributed by atoms with E-state index in [1.54, 1.807) is 0 Å². The van der Waals surface area contributed by atoms with Crippen molar-refractivity contribution in [2.24, 2.45) is 11.8 Å². The third kappa shape index (κ3) is 5.24. The second-order valence-corrected chi connectivity index (χ2v) is 8.14. The summed E-state index contributed by atoms with van der Waals surface area (Å²) in [6, 6.07) is 7.50. The zero-order valence-corrected chi connectivity index (χ0v) is 16.7. The molecule has 0 radical (unpaired) electrons. The summed E-state index contributed by atoms with van der Waals surface area (Å²) in [6.45, 7) is 7.89. The number of rotatable bonds is 5. The fourth-order valence-electron chi connectivity index (χ4n) is 3.95. The number of piperidine rings is 2. The van der Waals surface area contributed by atoms with E-state index in [4.69, 9.17) is 4.74 Å². The molecule has 5 heteroatoms. The topological polar surface area (TPSA) is 49.9 Å². The van der Waals surface area contributed by atoms with E-state index in [1.165, 1.54) is 6.42 Å². The minimum Gasteiger partial charge on any atom is -0.493 e. The van der Waals surface area contributed by atoms with Crippen molar-refractivity contribution in [3.8, 4) is 5.75 Å².